The van der Waals surface area contributed by atoms with E-state index in [2.05, 4.69) is 20.3 Å². The number of anilines is 1. The number of nitrogens with one attached hydrogen (secondary N) is 1. The number of nitrogens with two attached hydrogens (primary N) is 1. The number of nitrogens with zero attached hydrogens (tertiary/aromatic N) is 4. The molecule has 0 saturated heterocycles. The summed E-state index contributed by atoms with van der Waals surface area (Å²) in [6.45, 7) is 1.94. The fourth-order valence-corrected chi connectivity index (χ4v) is 1.81. The standard InChI is InChI=1S/C11H10N6O/c1-6-4-2-3-5-7(6)17-9-8(15-16-17)10(18)14-11(12)13-9/h2-5H,1H3,(H3,12,13,14,18). The van der Waals surface area contributed by atoms with Gasteiger partial charge < -0.3 is 5.73 Å². The second-order valence-corrected chi connectivity index (χ2v) is 3.91. The zero-order valence-electron chi connectivity index (χ0n) is 9.58. The molecule has 0 spiro atoms. The van der Waals surface area contributed by atoms with Crippen LogP contribution in [0.25, 0.3) is 16.9 Å². The van der Waals surface area contributed by atoms with E-state index < -0.39 is 5.56 Å². The van der Waals surface area contributed by atoms with E-state index in [0.29, 0.717) is 5.65 Å². The largest absolute Gasteiger partial charge is 0.369 e. The molecule has 3 aromatic rings. The SMILES string of the molecule is Cc1ccccc1-n1nnc2c(=O)[nH]c(N)nc21. The molecule has 0 atom stereocenters. The van der Waals surface area contributed by atoms with Crippen LogP contribution in [0.3, 0.4) is 0 Å². The molecule has 0 aliphatic rings. The van der Waals surface area contributed by atoms with Crippen molar-refractivity contribution in [3.8, 4) is 5.69 Å². The topological polar surface area (TPSA) is 102 Å². The number of aromatic nitrogens is 5. The molecular weight excluding hydrogens is 232 g/mol. The molecule has 18 heavy (non-hydrogen) atoms. The van der Waals surface area contributed by atoms with Gasteiger partial charge in [-0.25, -0.2) is 0 Å². The van der Waals surface area contributed by atoms with E-state index in [1.54, 1.807) is 0 Å². The summed E-state index contributed by atoms with van der Waals surface area (Å²) in [6, 6.07) is 7.63. The third kappa shape index (κ3) is 1.45. The van der Waals surface area contributed by atoms with Crippen LogP contribution in [0, 0.1) is 6.92 Å². The van der Waals surface area contributed by atoms with E-state index in [1.165, 1.54) is 4.68 Å². The van der Waals surface area contributed by atoms with E-state index in [-0.39, 0.29) is 11.5 Å². The van der Waals surface area contributed by atoms with Gasteiger partial charge in [0.05, 0.1) is 5.69 Å². The summed E-state index contributed by atoms with van der Waals surface area (Å²) >= 11 is 0. The Labute approximate surface area is 101 Å². The van der Waals surface area contributed by atoms with Gasteiger partial charge in [0.15, 0.2) is 11.2 Å². The van der Waals surface area contributed by atoms with Crippen LogP contribution in [0.4, 0.5) is 5.95 Å². The van der Waals surface area contributed by atoms with E-state index >= 15 is 0 Å². The van der Waals surface area contributed by atoms with Crippen LogP contribution in [-0.4, -0.2) is 25.0 Å². The fraction of sp³-hybridized carbons (Fsp3) is 0.0909. The Morgan fingerprint density at radius 3 is 2.89 bits per heavy atom. The molecule has 1 aromatic carbocycles. The summed E-state index contributed by atoms with van der Waals surface area (Å²) in [4.78, 5) is 18.1. The molecule has 0 amide bonds. The van der Waals surface area contributed by atoms with Gasteiger partial charge >= 0.3 is 0 Å². The highest BCUT2D eigenvalue weighted by atomic mass is 16.1. The normalized spacial score (nSPS) is 10.9. The van der Waals surface area contributed by atoms with Crippen LogP contribution in [-0.2, 0) is 0 Å². The maximum absolute atomic E-state index is 11.6. The summed E-state index contributed by atoms with van der Waals surface area (Å²) in [6.07, 6.45) is 0. The third-order valence-electron chi connectivity index (χ3n) is 2.67. The van der Waals surface area contributed by atoms with Gasteiger partial charge in [-0.05, 0) is 18.6 Å². The third-order valence-corrected chi connectivity index (χ3v) is 2.67. The van der Waals surface area contributed by atoms with Crippen molar-refractivity contribution in [1.29, 1.82) is 0 Å². The predicted octanol–water partition coefficient (Wildman–Crippen LogP) is 0.394. The van der Waals surface area contributed by atoms with E-state index in [4.69, 9.17) is 5.73 Å². The first kappa shape index (κ1) is 10.5. The average Bonchev–Trinajstić information content (AvgIpc) is 2.73. The van der Waals surface area contributed by atoms with E-state index in [1.807, 2.05) is 31.2 Å². The summed E-state index contributed by atoms with van der Waals surface area (Å²) in [5.74, 6) is 0.0460. The maximum atomic E-state index is 11.6. The molecule has 0 aliphatic heterocycles. The molecule has 0 bridgehead atoms. The van der Waals surface area contributed by atoms with Crippen molar-refractivity contribution in [2.45, 2.75) is 6.92 Å². The number of H-pyrrole nitrogens is 1. The van der Waals surface area contributed by atoms with Crippen molar-refractivity contribution < 1.29 is 0 Å². The lowest BCUT2D eigenvalue weighted by molar-refractivity contribution is 0.812. The monoisotopic (exact) mass is 242 g/mol. The number of aromatic amines is 1. The van der Waals surface area contributed by atoms with Crippen molar-refractivity contribution in [2.75, 3.05) is 5.73 Å². The molecule has 90 valence electrons. The molecule has 0 unspecified atom stereocenters. The quantitative estimate of drug-likeness (QED) is 0.642. The first-order valence-electron chi connectivity index (χ1n) is 5.34. The van der Waals surface area contributed by atoms with Crippen LogP contribution >= 0.6 is 0 Å². The number of benzene rings is 1. The van der Waals surface area contributed by atoms with Gasteiger partial charge in [-0.15, -0.1) is 5.10 Å². The minimum absolute atomic E-state index is 0.0460. The Balaban J connectivity index is 2.38. The molecule has 3 rings (SSSR count). The van der Waals surface area contributed by atoms with Crippen molar-refractivity contribution >= 4 is 17.1 Å². The number of hydrogen-bond acceptors (Lipinski definition) is 5. The molecule has 0 aliphatic carbocycles. The average molecular weight is 242 g/mol. The highest BCUT2D eigenvalue weighted by Gasteiger charge is 2.13. The second-order valence-electron chi connectivity index (χ2n) is 3.91. The van der Waals surface area contributed by atoms with Gasteiger partial charge in [-0.1, -0.05) is 23.4 Å². The number of hydrogen-bond donors (Lipinski definition) is 2. The van der Waals surface area contributed by atoms with E-state index in [0.717, 1.165) is 11.3 Å². The van der Waals surface area contributed by atoms with Gasteiger partial charge in [-0.3, -0.25) is 9.78 Å². The van der Waals surface area contributed by atoms with Crippen molar-refractivity contribution in [3.63, 3.8) is 0 Å². The van der Waals surface area contributed by atoms with Gasteiger partial charge in [0.1, 0.15) is 0 Å². The van der Waals surface area contributed by atoms with Crippen LogP contribution < -0.4 is 11.3 Å². The van der Waals surface area contributed by atoms with Crippen LogP contribution in [0.2, 0.25) is 0 Å². The Bertz CT molecular complexity index is 788. The summed E-state index contributed by atoms with van der Waals surface area (Å²) in [7, 11) is 0. The molecule has 0 fully saturated rings. The van der Waals surface area contributed by atoms with Gasteiger partial charge in [0.2, 0.25) is 5.95 Å². The molecule has 2 aromatic heterocycles. The zero-order chi connectivity index (χ0) is 12.7. The molecule has 0 radical (unpaired) electrons. The molecule has 0 saturated carbocycles. The van der Waals surface area contributed by atoms with E-state index in [9.17, 15) is 4.79 Å². The lowest BCUT2D eigenvalue weighted by atomic mass is 10.2. The van der Waals surface area contributed by atoms with Crippen molar-refractivity contribution in [3.05, 3.63) is 40.2 Å². The van der Waals surface area contributed by atoms with Gasteiger partial charge in [0.25, 0.3) is 5.56 Å². The number of rotatable bonds is 1. The second kappa shape index (κ2) is 3.66. The smallest absolute Gasteiger partial charge is 0.282 e. The minimum atomic E-state index is -0.391. The highest BCUT2D eigenvalue weighted by Crippen LogP contribution is 2.15. The van der Waals surface area contributed by atoms with Gasteiger partial charge in [0, 0.05) is 0 Å². The maximum Gasteiger partial charge on any atom is 0.282 e. The lowest BCUT2D eigenvalue weighted by Gasteiger charge is -2.04. The zero-order valence-corrected chi connectivity index (χ0v) is 9.58. The molecule has 7 nitrogen and oxygen atoms in total. The number of para-hydroxylation sites is 1. The summed E-state index contributed by atoms with van der Waals surface area (Å²) in [5.41, 5.74) is 7.49. The minimum Gasteiger partial charge on any atom is -0.369 e. The molecule has 3 N–H and O–H groups in total. The molecular formula is C11H10N6O. The van der Waals surface area contributed by atoms with Crippen LogP contribution in [0.1, 0.15) is 5.56 Å². The fourth-order valence-electron chi connectivity index (χ4n) is 1.81. The first-order valence-corrected chi connectivity index (χ1v) is 5.34. The van der Waals surface area contributed by atoms with Crippen LogP contribution in [0.5, 0.6) is 0 Å². The van der Waals surface area contributed by atoms with Crippen molar-refractivity contribution in [2.24, 2.45) is 0 Å². The molecule has 7 heteroatoms. The first-order chi connectivity index (χ1) is 8.66. The number of fused-ring (bicyclic) bond motifs is 1. The lowest BCUT2D eigenvalue weighted by Crippen LogP contribution is -2.12. The Hall–Kier alpha value is -2.70. The van der Waals surface area contributed by atoms with Gasteiger partial charge in [-0.2, -0.15) is 9.67 Å². The Morgan fingerprint density at radius 2 is 2.11 bits per heavy atom. The Kier molecular flexibility index (Phi) is 2.12. The summed E-state index contributed by atoms with van der Waals surface area (Å²) < 4.78 is 1.51. The summed E-state index contributed by atoms with van der Waals surface area (Å²) in [5, 5.41) is 7.78. The highest BCUT2D eigenvalue weighted by molar-refractivity contribution is 5.71. The number of nitrogen functional groups attached to an aromatic ring is 1. The predicted molar refractivity (Wildman–Crippen MR) is 66.4 cm³/mol. The number of aryl methyl sites for hydroxylation is 1. The van der Waals surface area contributed by atoms with Crippen LogP contribution in [0.15, 0.2) is 29.1 Å². The van der Waals surface area contributed by atoms with Crippen molar-refractivity contribution in [1.82, 2.24) is 25.0 Å². The Morgan fingerprint density at radius 1 is 1.33 bits per heavy atom. The molecule has 2 heterocycles.